The van der Waals surface area contributed by atoms with Gasteiger partial charge in [0.25, 0.3) is 0 Å². The van der Waals surface area contributed by atoms with Crippen LogP contribution in [0.4, 0.5) is 5.69 Å². The fourth-order valence-corrected chi connectivity index (χ4v) is 2.21. The predicted octanol–water partition coefficient (Wildman–Crippen LogP) is 1.26. The van der Waals surface area contributed by atoms with Crippen molar-refractivity contribution in [3.8, 4) is 5.75 Å². The Morgan fingerprint density at radius 3 is 2.84 bits per heavy atom. The number of benzene rings is 1. The molecule has 2 rings (SSSR count). The molecule has 1 heterocycles. The van der Waals surface area contributed by atoms with Crippen molar-refractivity contribution in [3.05, 3.63) is 24.3 Å². The van der Waals surface area contributed by atoms with E-state index in [0.717, 1.165) is 5.69 Å². The molecule has 1 aromatic rings. The van der Waals surface area contributed by atoms with Crippen molar-refractivity contribution < 1.29 is 19.1 Å². The molecular weight excluding hydrogens is 246 g/mol. The summed E-state index contributed by atoms with van der Waals surface area (Å²) in [5.74, 6) is -0.543. The van der Waals surface area contributed by atoms with Crippen LogP contribution in [-0.4, -0.2) is 38.6 Å². The number of nitrogens with zero attached hydrogens (tertiary/aromatic N) is 1. The van der Waals surface area contributed by atoms with Crippen LogP contribution in [0.3, 0.4) is 0 Å². The van der Waals surface area contributed by atoms with Crippen LogP contribution in [-0.2, 0) is 14.3 Å². The first-order valence-corrected chi connectivity index (χ1v) is 6.24. The van der Waals surface area contributed by atoms with E-state index in [9.17, 15) is 9.59 Å². The van der Waals surface area contributed by atoms with Gasteiger partial charge in [0.2, 0.25) is 0 Å². The number of anilines is 1. The summed E-state index contributed by atoms with van der Waals surface area (Å²) in [5, 5.41) is 0. The van der Waals surface area contributed by atoms with Gasteiger partial charge in [0.1, 0.15) is 11.7 Å². The molecule has 1 unspecified atom stereocenters. The number of ketones is 1. The van der Waals surface area contributed by atoms with Gasteiger partial charge in [-0.25, -0.2) is 0 Å². The van der Waals surface area contributed by atoms with Crippen LogP contribution in [0.1, 0.15) is 6.92 Å². The smallest absolute Gasteiger partial charge is 0.318 e. The Labute approximate surface area is 112 Å². The first kappa shape index (κ1) is 13.4. The van der Waals surface area contributed by atoms with Crippen LogP contribution in [0.15, 0.2) is 24.3 Å². The Hall–Kier alpha value is -2.04. The SMILES string of the molecule is CCOC(=O)C1CN(c2ccccc2OC)CC1=O. The Kier molecular flexibility index (Phi) is 4.04. The number of ether oxygens (including phenoxy) is 2. The first-order chi connectivity index (χ1) is 9.17. The monoisotopic (exact) mass is 263 g/mol. The Morgan fingerprint density at radius 2 is 2.16 bits per heavy atom. The fraction of sp³-hybridized carbons (Fsp3) is 0.429. The molecule has 0 spiro atoms. The summed E-state index contributed by atoms with van der Waals surface area (Å²) in [6, 6.07) is 7.44. The van der Waals surface area contributed by atoms with E-state index in [0.29, 0.717) is 12.3 Å². The lowest BCUT2D eigenvalue weighted by molar-refractivity contribution is -0.149. The van der Waals surface area contributed by atoms with Gasteiger partial charge in [0.15, 0.2) is 5.78 Å². The maximum absolute atomic E-state index is 11.9. The highest BCUT2D eigenvalue weighted by molar-refractivity contribution is 6.04. The van der Waals surface area contributed by atoms with Crippen LogP contribution < -0.4 is 9.64 Å². The van der Waals surface area contributed by atoms with Crippen molar-refractivity contribution in [1.29, 1.82) is 0 Å². The number of rotatable bonds is 4. The van der Waals surface area contributed by atoms with Gasteiger partial charge in [-0.2, -0.15) is 0 Å². The number of carbonyl (C=O) groups is 2. The minimum atomic E-state index is -0.690. The minimum absolute atomic E-state index is 0.107. The van der Waals surface area contributed by atoms with Crippen LogP contribution in [0, 0.1) is 5.92 Å². The number of hydrogen-bond acceptors (Lipinski definition) is 5. The topological polar surface area (TPSA) is 55.8 Å². The third kappa shape index (κ3) is 2.70. The van der Waals surface area contributed by atoms with Gasteiger partial charge in [-0.3, -0.25) is 9.59 Å². The van der Waals surface area contributed by atoms with Crippen molar-refractivity contribution in [2.45, 2.75) is 6.92 Å². The van der Waals surface area contributed by atoms with Crippen molar-refractivity contribution in [2.24, 2.45) is 5.92 Å². The van der Waals surface area contributed by atoms with Gasteiger partial charge in [0.05, 0.1) is 25.9 Å². The lowest BCUT2D eigenvalue weighted by Gasteiger charge is -2.19. The predicted molar refractivity (Wildman–Crippen MR) is 70.3 cm³/mol. The van der Waals surface area contributed by atoms with Gasteiger partial charge < -0.3 is 14.4 Å². The number of para-hydroxylation sites is 2. The Morgan fingerprint density at radius 1 is 1.42 bits per heavy atom. The van der Waals surface area contributed by atoms with E-state index in [1.807, 2.05) is 29.2 Å². The molecule has 1 atom stereocenters. The summed E-state index contributed by atoms with van der Waals surface area (Å²) in [5.41, 5.74) is 0.824. The lowest BCUT2D eigenvalue weighted by atomic mass is 10.1. The van der Waals surface area contributed by atoms with Crippen molar-refractivity contribution in [2.75, 3.05) is 31.7 Å². The zero-order chi connectivity index (χ0) is 13.8. The van der Waals surface area contributed by atoms with Crippen LogP contribution in [0.2, 0.25) is 0 Å². The maximum Gasteiger partial charge on any atom is 0.318 e. The summed E-state index contributed by atoms with van der Waals surface area (Å²) in [6.45, 7) is 2.58. The fourth-order valence-electron chi connectivity index (χ4n) is 2.21. The molecule has 0 saturated carbocycles. The summed E-state index contributed by atoms with van der Waals surface area (Å²) in [7, 11) is 1.58. The van der Waals surface area contributed by atoms with Crippen LogP contribution >= 0.6 is 0 Å². The Bertz CT molecular complexity index is 486. The third-order valence-electron chi connectivity index (χ3n) is 3.14. The molecule has 0 aliphatic carbocycles. The van der Waals surface area contributed by atoms with Crippen molar-refractivity contribution in [1.82, 2.24) is 0 Å². The zero-order valence-corrected chi connectivity index (χ0v) is 11.1. The van der Waals surface area contributed by atoms with Gasteiger partial charge in [-0.15, -0.1) is 0 Å². The number of carbonyl (C=O) groups excluding carboxylic acids is 2. The molecular formula is C14H17NO4. The average molecular weight is 263 g/mol. The molecule has 19 heavy (non-hydrogen) atoms. The normalized spacial score (nSPS) is 18.5. The molecule has 0 bridgehead atoms. The van der Waals surface area contributed by atoms with Gasteiger partial charge in [0, 0.05) is 6.54 Å². The lowest BCUT2D eigenvalue weighted by Crippen LogP contribution is -2.25. The van der Waals surface area contributed by atoms with Gasteiger partial charge in [-0.1, -0.05) is 12.1 Å². The average Bonchev–Trinajstić information content (AvgIpc) is 2.81. The summed E-state index contributed by atoms with van der Waals surface area (Å²) < 4.78 is 10.2. The zero-order valence-electron chi connectivity index (χ0n) is 11.1. The van der Waals surface area contributed by atoms with Gasteiger partial charge in [-0.05, 0) is 19.1 Å². The Balaban J connectivity index is 2.16. The molecule has 0 radical (unpaired) electrons. The molecule has 1 aromatic carbocycles. The van der Waals surface area contributed by atoms with E-state index < -0.39 is 11.9 Å². The molecule has 102 valence electrons. The second-order valence-electron chi connectivity index (χ2n) is 4.32. The maximum atomic E-state index is 11.9. The second-order valence-corrected chi connectivity index (χ2v) is 4.32. The number of hydrogen-bond donors (Lipinski definition) is 0. The van der Waals surface area contributed by atoms with Gasteiger partial charge >= 0.3 is 5.97 Å². The number of methoxy groups -OCH3 is 1. The molecule has 1 fully saturated rings. The number of Topliss-reactive ketones (excluding diaryl/α,β-unsaturated/α-hetero) is 1. The summed E-state index contributed by atoms with van der Waals surface area (Å²) in [6.07, 6.45) is 0. The minimum Gasteiger partial charge on any atom is -0.495 e. The molecule has 1 aliphatic rings. The highest BCUT2D eigenvalue weighted by Crippen LogP contribution is 2.31. The first-order valence-electron chi connectivity index (χ1n) is 6.24. The van der Waals surface area contributed by atoms with E-state index in [4.69, 9.17) is 9.47 Å². The highest BCUT2D eigenvalue weighted by atomic mass is 16.5. The summed E-state index contributed by atoms with van der Waals surface area (Å²) in [4.78, 5) is 25.4. The molecule has 5 nitrogen and oxygen atoms in total. The van der Waals surface area contributed by atoms with Crippen molar-refractivity contribution >= 4 is 17.4 Å². The largest absolute Gasteiger partial charge is 0.495 e. The number of esters is 1. The van der Waals surface area contributed by atoms with Crippen LogP contribution in [0.5, 0.6) is 5.75 Å². The van der Waals surface area contributed by atoms with Crippen molar-refractivity contribution in [3.63, 3.8) is 0 Å². The van der Waals surface area contributed by atoms with E-state index >= 15 is 0 Å². The molecule has 0 N–H and O–H groups in total. The molecule has 0 amide bonds. The molecule has 5 heteroatoms. The third-order valence-corrected chi connectivity index (χ3v) is 3.14. The van der Waals surface area contributed by atoms with E-state index in [1.54, 1.807) is 14.0 Å². The molecule has 0 aromatic heterocycles. The van der Waals surface area contributed by atoms with E-state index in [1.165, 1.54) is 0 Å². The van der Waals surface area contributed by atoms with E-state index in [2.05, 4.69) is 0 Å². The summed E-state index contributed by atoms with van der Waals surface area (Å²) >= 11 is 0. The highest BCUT2D eigenvalue weighted by Gasteiger charge is 2.38. The standard InChI is InChI=1S/C14H17NO4/c1-3-19-14(17)10-8-15(9-12(10)16)11-6-4-5-7-13(11)18-2/h4-7,10H,3,8-9H2,1-2H3. The quantitative estimate of drug-likeness (QED) is 0.604. The molecule has 1 aliphatic heterocycles. The van der Waals surface area contributed by atoms with Crippen LogP contribution in [0.25, 0.3) is 0 Å². The molecule has 1 saturated heterocycles. The van der Waals surface area contributed by atoms with E-state index in [-0.39, 0.29) is 18.9 Å². The second kappa shape index (κ2) is 5.73.